The maximum atomic E-state index is 12.3. The molecule has 1 rings (SSSR count). The monoisotopic (exact) mass is 246 g/mol. The van der Waals surface area contributed by atoms with E-state index in [0.29, 0.717) is 18.9 Å². The first-order valence-corrected chi connectivity index (χ1v) is 4.99. The van der Waals surface area contributed by atoms with Gasteiger partial charge in [0.25, 0.3) is 0 Å². The van der Waals surface area contributed by atoms with Crippen LogP contribution >= 0.6 is 0 Å². The van der Waals surface area contributed by atoms with Crippen molar-refractivity contribution in [2.45, 2.75) is 6.18 Å². The molecule has 0 aliphatic carbocycles. The van der Waals surface area contributed by atoms with Crippen LogP contribution in [0.5, 0.6) is 0 Å². The van der Waals surface area contributed by atoms with Crippen LogP contribution < -0.4 is 4.90 Å². The van der Waals surface area contributed by atoms with Crippen molar-refractivity contribution in [1.29, 1.82) is 0 Å². The molecule has 0 aliphatic heterocycles. The second kappa shape index (κ2) is 5.67. The molecule has 0 spiro atoms. The van der Waals surface area contributed by atoms with E-state index in [0.717, 1.165) is 12.3 Å². The Morgan fingerprint density at radius 3 is 2.53 bits per heavy atom. The zero-order valence-electron chi connectivity index (χ0n) is 9.11. The zero-order valence-corrected chi connectivity index (χ0v) is 9.11. The summed E-state index contributed by atoms with van der Waals surface area (Å²) in [7, 11) is 0. The Balaban J connectivity index is 2.87. The highest BCUT2D eigenvalue weighted by Crippen LogP contribution is 2.29. The Morgan fingerprint density at radius 1 is 1.41 bits per heavy atom. The van der Waals surface area contributed by atoms with Crippen molar-refractivity contribution in [2.75, 3.05) is 24.6 Å². The summed E-state index contributed by atoms with van der Waals surface area (Å²) in [4.78, 5) is 5.36. The first kappa shape index (κ1) is 13.5. The number of hydrogen-bond donors (Lipinski definition) is 1. The van der Waals surface area contributed by atoms with Crippen LogP contribution in [-0.2, 0) is 6.18 Å². The van der Waals surface area contributed by atoms with E-state index in [1.165, 1.54) is 6.07 Å². The van der Waals surface area contributed by atoms with Gasteiger partial charge in [-0.15, -0.1) is 6.58 Å². The van der Waals surface area contributed by atoms with Crippen molar-refractivity contribution in [1.82, 2.24) is 4.98 Å². The molecule has 0 atom stereocenters. The van der Waals surface area contributed by atoms with Crippen LogP contribution in [0.15, 0.2) is 31.0 Å². The highest BCUT2D eigenvalue weighted by atomic mass is 19.4. The molecule has 94 valence electrons. The summed E-state index contributed by atoms with van der Waals surface area (Å²) < 4.78 is 36.9. The molecule has 0 aromatic carbocycles. The van der Waals surface area contributed by atoms with Crippen LogP contribution in [0.1, 0.15) is 5.56 Å². The molecule has 0 fully saturated rings. The van der Waals surface area contributed by atoms with Crippen LogP contribution in [0.2, 0.25) is 0 Å². The number of anilines is 1. The van der Waals surface area contributed by atoms with Gasteiger partial charge in [0.15, 0.2) is 0 Å². The van der Waals surface area contributed by atoms with Gasteiger partial charge in [-0.2, -0.15) is 13.2 Å². The van der Waals surface area contributed by atoms with Crippen molar-refractivity contribution in [3.8, 4) is 0 Å². The van der Waals surface area contributed by atoms with E-state index in [1.54, 1.807) is 11.0 Å². The lowest BCUT2D eigenvalue weighted by Crippen LogP contribution is -2.27. The molecule has 1 aromatic rings. The maximum Gasteiger partial charge on any atom is 0.417 e. The smallest absolute Gasteiger partial charge is 0.395 e. The van der Waals surface area contributed by atoms with Gasteiger partial charge < -0.3 is 10.0 Å². The molecule has 17 heavy (non-hydrogen) atoms. The number of nitrogens with zero attached hydrogens (tertiary/aromatic N) is 2. The zero-order chi connectivity index (χ0) is 12.9. The van der Waals surface area contributed by atoms with Gasteiger partial charge in [0.2, 0.25) is 0 Å². The SMILES string of the molecule is C=CCN(CCO)c1ccc(C(F)(F)F)cn1. The van der Waals surface area contributed by atoms with Crippen LogP contribution in [0.3, 0.4) is 0 Å². The summed E-state index contributed by atoms with van der Waals surface area (Å²) in [5, 5.41) is 8.82. The minimum atomic E-state index is -4.38. The number of hydrogen-bond acceptors (Lipinski definition) is 3. The number of aliphatic hydroxyl groups excluding tert-OH is 1. The third-order valence-electron chi connectivity index (χ3n) is 2.12. The van der Waals surface area contributed by atoms with Crippen LogP contribution in [0.25, 0.3) is 0 Å². The summed E-state index contributed by atoms with van der Waals surface area (Å²) in [6.45, 7) is 4.14. The van der Waals surface area contributed by atoms with E-state index in [-0.39, 0.29) is 6.61 Å². The van der Waals surface area contributed by atoms with Crippen molar-refractivity contribution in [2.24, 2.45) is 0 Å². The molecule has 0 amide bonds. The number of pyridine rings is 1. The lowest BCUT2D eigenvalue weighted by molar-refractivity contribution is -0.137. The number of aliphatic hydroxyl groups is 1. The van der Waals surface area contributed by atoms with Gasteiger partial charge >= 0.3 is 6.18 Å². The maximum absolute atomic E-state index is 12.3. The molecule has 1 heterocycles. The predicted octanol–water partition coefficient (Wildman–Crippen LogP) is 2.09. The third-order valence-corrected chi connectivity index (χ3v) is 2.12. The molecule has 1 aromatic heterocycles. The summed E-state index contributed by atoms with van der Waals surface area (Å²) in [5.74, 6) is 0.381. The number of alkyl halides is 3. The van der Waals surface area contributed by atoms with Crippen molar-refractivity contribution in [3.05, 3.63) is 36.5 Å². The minimum Gasteiger partial charge on any atom is -0.395 e. The van der Waals surface area contributed by atoms with Gasteiger partial charge in [0.1, 0.15) is 5.82 Å². The van der Waals surface area contributed by atoms with Crippen LogP contribution in [-0.4, -0.2) is 29.8 Å². The highest BCUT2D eigenvalue weighted by Gasteiger charge is 2.30. The second-order valence-electron chi connectivity index (χ2n) is 3.36. The van der Waals surface area contributed by atoms with Crippen LogP contribution in [0.4, 0.5) is 19.0 Å². The summed E-state index contributed by atoms with van der Waals surface area (Å²) in [6, 6.07) is 2.25. The number of aromatic nitrogens is 1. The fraction of sp³-hybridized carbons (Fsp3) is 0.364. The first-order valence-electron chi connectivity index (χ1n) is 4.99. The van der Waals surface area contributed by atoms with Gasteiger partial charge in [-0.25, -0.2) is 4.98 Å². The predicted molar refractivity (Wildman–Crippen MR) is 58.7 cm³/mol. The average molecular weight is 246 g/mol. The second-order valence-corrected chi connectivity index (χ2v) is 3.36. The molecule has 3 nitrogen and oxygen atoms in total. The normalized spacial score (nSPS) is 11.3. The molecule has 0 bridgehead atoms. The van der Waals surface area contributed by atoms with E-state index < -0.39 is 11.7 Å². The quantitative estimate of drug-likeness (QED) is 0.808. The van der Waals surface area contributed by atoms with Crippen molar-refractivity contribution >= 4 is 5.82 Å². The molecule has 0 radical (unpaired) electrons. The Morgan fingerprint density at radius 2 is 2.12 bits per heavy atom. The first-order chi connectivity index (χ1) is 7.99. The number of rotatable bonds is 5. The summed E-state index contributed by atoms with van der Waals surface area (Å²) in [6.07, 6.45) is -2.01. The molecule has 0 saturated carbocycles. The van der Waals surface area contributed by atoms with E-state index in [1.807, 2.05) is 0 Å². The third kappa shape index (κ3) is 3.74. The topological polar surface area (TPSA) is 36.4 Å². The highest BCUT2D eigenvalue weighted by molar-refractivity contribution is 5.40. The standard InChI is InChI=1S/C11H13F3N2O/c1-2-5-16(6-7-17)10-4-3-9(8-15-10)11(12,13)14/h2-4,8,17H,1,5-7H2. The molecule has 1 N–H and O–H groups in total. The fourth-order valence-electron chi connectivity index (χ4n) is 1.32. The van der Waals surface area contributed by atoms with E-state index in [9.17, 15) is 13.2 Å². The molecular weight excluding hydrogens is 233 g/mol. The van der Waals surface area contributed by atoms with E-state index >= 15 is 0 Å². The van der Waals surface area contributed by atoms with Crippen molar-refractivity contribution in [3.63, 3.8) is 0 Å². The summed E-state index contributed by atoms with van der Waals surface area (Å²) >= 11 is 0. The van der Waals surface area contributed by atoms with Gasteiger partial charge in [-0.05, 0) is 12.1 Å². The Hall–Kier alpha value is -1.56. The Bertz CT molecular complexity index is 362. The molecule has 6 heteroatoms. The van der Waals surface area contributed by atoms with Gasteiger partial charge in [0, 0.05) is 19.3 Å². The fourth-order valence-corrected chi connectivity index (χ4v) is 1.32. The van der Waals surface area contributed by atoms with E-state index in [4.69, 9.17) is 5.11 Å². The van der Waals surface area contributed by atoms with Gasteiger partial charge in [-0.1, -0.05) is 6.08 Å². The van der Waals surface area contributed by atoms with Crippen molar-refractivity contribution < 1.29 is 18.3 Å². The molecular formula is C11H13F3N2O. The summed E-state index contributed by atoms with van der Waals surface area (Å²) in [5.41, 5.74) is -0.788. The lowest BCUT2D eigenvalue weighted by atomic mass is 10.2. The van der Waals surface area contributed by atoms with Gasteiger partial charge in [0.05, 0.1) is 12.2 Å². The number of halogens is 3. The lowest BCUT2D eigenvalue weighted by Gasteiger charge is -2.21. The van der Waals surface area contributed by atoms with E-state index in [2.05, 4.69) is 11.6 Å². The molecule has 0 saturated heterocycles. The Labute approximate surface area is 97.2 Å². The molecule has 0 unspecified atom stereocenters. The largest absolute Gasteiger partial charge is 0.417 e. The average Bonchev–Trinajstić information content (AvgIpc) is 2.28. The van der Waals surface area contributed by atoms with Crippen LogP contribution in [0, 0.1) is 0 Å². The minimum absolute atomic E-state index is 0.101. The molecule has 0 aliphatic rings. The van der Waals surface area contributed by atoms with Gasteiger partial charge in [-0.3, -0.25) is 0 Å². The Kier molecular flexibility index (Phi) is 4.51.